The number of hydrogen-bond donors (Lipinski definition) is 5. The second-order valence-corrected chi connectivity index (χ2v) is 31.0. The summed E-state index contributed by atoms with van der Waals surface area (Å²) >= 11 is 3.68. The van der Waals surface area contributed by atoms with E-state index in [2.05, 4.69) is 56.7 Å². The number of fused-ring (bicyclic) bond motifs is 3. The average Bonchev–Trinajstić information content (AvgIpc) is 1.00. The number of ether oxygens (including phenoxy) is 9. The van der Waals surface area contributed by atoms with Crippen LogP contribution in [0, 0.1) is 32.6 Å². The molecule has 120 heavy (non-hydrogen) atoms. The SMILES string of the molecule is CC(=O)c1cccc(CN2CCOCCOCCN(Cc3cccc(C(=O)O)n3)CCOC3CC(CSCCOCCNC(=O)CCC(=O)N4Cc5ccccc5C#Cc5ccccc54)CC3OCC2)n1.NCCCCCSC[C@@H]1COCCN(Cc2cccc(C(=O)O)n2)CCOCCOCCN(Cc2cccc(C(=O)O)n2)CCO1.S.[CH3+].[CH3+]. The highest BCUT2D eigenvalue weighted by molar-refractivity contribution is 7.99. The van der Waals surface area contributed by atoms with Crippen LogP contribution in [0.2, 0.25) is 0 Å². The van der Waals surface area contributed by atoms with Crippen LogP contribution in [-0.2, 0) is 84.9 Å². The fourth-order valence-corrected chi connectivity index (χ4v) is 15.5. The molecule has 4 atom stereocenters. The lowest BCUT2D eigenvalue weighted by molar-refractivity contribution is -0.125. The molecule has 2 saturated heterocycles. The molecular formula is C88H123N11O18S3+2. The smallest absolute Gasteiger partial charge is 0.354 e. The van der Waals surface area contributed by atoms with E-state index in [1.54, 1.807) is 29.2 Å². The van der Waals surface area contributed by atoms with Crippen LogP contribution in [0.4, 0.5) is 5.69 Å². The van der Waals surface area contributed by atoms with Crippen molar-refractivity contribution in [3.05, 3.63) is 198 Å². The fourth-order valence-electron chi connectivity index (χ4n) is 13.5. The van der Waals surface area contributed by atoms with E-state index in [4.69, 9.17) is 48.4 Å². The number of carboxylic acids is 3. The zero-order valence-electron chi connectivity index (χ0n) is 69.7. The van der Waals surface area contributed by atoms with E-state index in [0.717, 1.165) is 83.2 Å². The molecule has 0 spiro atoms. The number of unbranched alkanes of at least 4 members (excludes halogenated alkanes) is 2. The lowest BCUT2D eigenvalue weighted by atomic mass is 10.0. The Morgan fingerprint density at radius 3 is 1.43 bits per heavy atom. The van der Waals surface area contributed by atoms with Gasteiger partial charge in [0.15, 0.2) is 5.78 Å². The molecule has 1 saturated carbocycles. The second kappa shape index (κ2) is 58.0. The molecule has 654 valence electrons. The molecule has 3 aliphatic heterocycles. The summed E-state index contributed by atoms with van der Waals surface area (Å²) in [7, 11) is 0. The minimum atomic E-state index is -1.06. The van der Waals surface area contributed by atoms with Crippen LogP contribution in [0.5, 0.6) is 0 Å². The number of rotatable bonds is 30. The maximum atomic E-state index is 13.5. The maximum Gasteiger partial charge on any atom is 0.354 e. The van der Waals surface area contributed by atoms with Crippen LogP contribution in [-0.4, -0.2) is 296 Å². The number of thioether (sulfide) groups is 2. The van der Waals surface area contributed by atoms with Crippen LogP contribution in [0.15, 0.2) is 121 Å². The highest BCUT2D eigenvalue weighted by Gasteiger charge is 2.36. The molecule has 3 fully saturated rings. The number of carboxylic acid groups (broad SMARTS) is 3. The number of benzene rings is 2. The van der Waals surface area contributed by atoms with E-state index in [1.807, 2.05) is 102 Å². The Balaban J connectivity index is 0.000000396. The molecule has 0 bridgehead atoms. The van der Waals surface area contributed by atoms with Gasteiger partial charge in [-0.3, -0.25) is 34.0 Å². The van der Waals surface area contributed by atoms with Gasteiger partial charge in [0.25, 0.3) is 0 Å². The van der Waals surface area contributed by atoms with Gasteiger partial charge >= 0.3 is 17.9 Å². The number of carbonyl (C=O) groups excluding carboxylic acids is 3. The Morgan fingerprint density at radius 1 is 0.492 bits per heavy atom. The predicted octanol–water partition coefficient (Wildman–Crippen LogP) is 9.00. The summed E-state index contributed by atoms with van der Waals surface area (Å²) in [6, 6.07) is 36.0. The van der Waals surface area contributed by atoms with Gasteiger partial charge in [-0.1, -0.05) is 72.9 Å². The van der Waals surface area contributed by atoms with Crippen LogP contribution in [0.3, 0.4) is 0 Å². The van der Waals surface area contributed by atoms with Gasteiger partial charge in [0.1, 0.15) is 22.8 Å². The summed E-state index contributed by atoms with van der Waals surface area (Å²) in [4.78, 5) is 101. The van der Waals surface area contributed by atoms with Gasteiger partial charge in [0.2, 0.25) is 11.8 Å². The van der Waals surface area contributed by atoms with Gasteiger partial charge in [-0.15, -0.1) is 0 Å². The normalized spacial score (nSPS) is 18.8. The Morgan fingerprint density at radius 2 is 0.933 bits per heavy atom. The van der Waals surface area contributed by atoms with E-state index < -0.39 is 17.9 Å². The molecule has 29 nitrogen and oxygen atoms in total. The molecular weight excluding hydrogens is 1600 g/mol. The summed E-state index contributed by atoms with van der Waals surface area (Å²) < 4.78 is 55.2. The number of nitrogens with zero attached hydrogens (tertiary/aromatic N) is 9. The first-order valence-electron chi connectivity index (χ1n) is 40.5. The predicted molar refractivity (Wildman–Crippen MR) is 469 cm³/mol. The van der Waals surface area contributed by atoms with Gasteiger partial charge in [-0.05, 0) is 122 Å². The zero-order chi connectivity index (χ0) is 82.4. The first kappa shape index (κ1) is 101. The third kappa shape index (κ3) is 37.7. The van der Waals surface area contributed by atoms with Gasteiger partial charge in [-0.25, -0.2) is 34.3 Å². The first-order chi connectivity index (χ1) is 57.1. The second-order valence-electron chi connectivity index (χ2n) is 28.7. The minimum Gasteiger partial charge on any atom is -0.477 e. The van der Waals surface area contributed by atoms with E-state index in [9.17, 15) is 44.1 Å². The van der Waals surface area contributed by atoms with Crippen LogP contribution in [0.25, 0.3) is 0 Å². The fraction of sp³-hybridized carbons (Fsp3) is 0.523. The zero-order valence-corrected chi connectivity index (χ0v) is 72.4. The minimum absolute atomic E-state index is 0. The Labute approximate surface area is 723 Å². The van der Waals surface area contributed by atoms with Gasteiger partial charge < -0.3 is 73.9 Å². The maximum absolute atomic E-state index is 13.5. The van der Waals surface area contributed by atoms with Crippen LogP contribution >= 0.6 is 37.0 Å². The average molecular weight is 1720 g/mol. The summed E-state index contributed by atoms with van der Waals surface area (Å²) in [6.45, 7) is 16.8. The number of ketones is 1. The van der Waals surface area contributed by atoms with Crippen molar-refractivity contribution in [1.29, 1.82) is 0 Å². The molecule has 1 aliphatic carbocycles. The molecule has 6 aromatic rings. The first-order valence-corrected chi connectivity index (χ1v) is 42.8. The van der Waals surface area contributed by atoms with E-state index in [1.165, 1.54) is 25.1 Å². The number of nitrogens with two attached hydrogens (primary N) is 1. The Hall–Kier alpha value is -8.15. The number of aromatic carboxylic acids is 3. The van der Waals surface area contributed by atoms with Crippen molar-refractivity contribution in [2.75, 3.05) is 192 Å². The van der Waals surface area contributed by atoms with Crippen molar-refractivity contribution < 1.29 is 86.7 Å². The molecule has 7 heterocycles. The van der Waals surface area contributed by atoms with Crippen molar-refractivity contribution in [2.45, 2.75) is 103 Å². The van der Waals surface area contributed by atoms with E-state index in [0.29, 0.717) is 226 Å². The molecule has 3 unspecified atom stereocenters. The van der Waals surface area contributed by atoms with Crippen molar-refractivity contribution in [3.8, 4) is 11.8 Å². The summed E-state index contributed by atoms with van der Waals surface area (Å²) in [5.74, 6) is 6.80. The number of nitrogens with one attached hydrogen (secondary N) is 1. The van der Waals surface area contributed by atoms with E-state index in [-0.39, 0.29) is 94.2 Å². The van der Waals surface area contributed by atoms with Crippen molar-refractivity contribution in [3.63, 3.8) is 0 Å². The van der Waals surface area contributed by atoms with E-state index >= 15 is 0 Å². The highest BCUT2D eigenvalue weighted by Crippen LogP contribution is 2.34. The number of para-hydroxylation sites is 1. The molecule has 0 radical (unpaired) electrons. The highest BCUT2D eigenvalue weighted by atomic mass is 32.2. The Kier molecular flexibility index (Phi) is 48.7. The molecule has 4 aliphatic rings. The molecule has 4 aromatic heterocycles. The number of hydrogen-bond acceptors (Lipinski definition) is 26. The monoisotopic (exact) mass is 1720 g/mol. The number of amides is 2. The molecule has 2 amide bonds. The largest absolute Gasteiger partial charge is 0.477 e. The lowest BCUT2D eigenvalue weighted by Gasteiger charge is -2.27. The molecule has 2 aromatic carbocycles. The number of anilines is 1. The summed E-state index contributed by atoms with van der Waals surface area (Å²) in [5, 5.41) is 31.1. The quantitative estimate of drug-likeness (QED) is 0.0121. The number of carbonyl (C=O) groups is 6. The van der Waals surface area contributed by atoms with Crippen LogP contribution < -0.4 is 16.0 Å². The summed E-state index contributed by atoms with van der Waals surface area (Å²) in [6.07, 6.45) is 4.80. The molecule has 10 rings (SSSR count). The molecule has 6 N–H and O–H groups in total. The Bertz CT molecular complexity index is 4010. The number of pyridine rings is 4. The van der Waals surface area contributed by atoms with Crippen LogP contribution in [0.1, 0.15) is 133 Å². The van der Waals surface area contributed by atoms with Gasteiger partial charge in [-0.2, -0.15) is 37.0 Å². The van der Waals surface area contributed by atoms with Crippen molar-refractivity contribution in [1.82, 2.24) is 44.9 Å². The number of aromatic nitrogens is 4. The van der Waals surface area contributed by atoms with Gasteiger partial charge in [0, 0.05) is 142 Å². The van der Waals surface area contributed by atoms with Gasteiger partial charge in [0.05, 0.1) is 152 Å². The van der Waals surface area contributed by atoms with Crippen molar-refractivity contribution in [2.24, 2.45) is 11.7 Å². The van der Waals surface area contributed by atoms with Crippen molar-refractivity contribution >= 4 is 78.2 Å². The molecule has 32 heteroatoms. The standard InChI is InChI=1S/C54H66N6O10S.C32H49N5O8S.2CH3.H2S/c1-40(61)47-13-6-11-45(56-47)37-58-21-26-67-30-31-68-27-22-59(38-46-12-7-14-48(57-46)54(64)65)24-29-70-51-35-41(34-50(51)69-28-23-58)39-71-33-32-66-25-20-55-52(62)18-19-53(63)60-36-44-10-3-2-8-42(44)16-17-43-9-4-5-15-49(43)60;33-10-2-1-3-21-46-25-28-24-44-17-13-36(22-26-6-4-8-29(34-26)31(38)39)11-15-42-19-20-43-16-12-37(14-18-45-28)23-27-7-5-9-30(35-27)32(40)41;;;/h2-15,41,50-51H,18-39H2,1H3,(H,55,62)(H,64,65);4-9,28H,1-3,10-25,33H2,(H,38,39)(H,40,41);2*1H3;1H2/q;;2*+1;/t;28-;;;/m.0.../s1. The number of Topliss-reactive ketones (excluding diaryl/α,β-unsaturated/α-hetero) is 1. The third-order valence-corrected chi connectivity index (χ3v) is 22.1. The third-order valence-electron chi connectivity index (χ3n) is 19.7. The summed E-state index contributed by atoms with van der Waals surface area (Å²) in [5.41, 5.74) is 12.3. The topological polar surface area (TPSA) is 352 Å². The lowest BCUT2D eigenvalue weighted by Crippen LogP contribution is -2.36.